The minimum atomic E-state index is -3.76. The zero-order valence-electron chi connectivity index (χ0n) is 16.4. The van der Waals surface area contributed by atoms with E-state index in [1.165, 1.54) is 12.1 Å². The van der Waals surface area contributed by atoms with Gasteiger partial charge >= 0.3 is 0 Å². The van der Waals surface area contributed by atoms with Crippen LogP contribution in [-0.2, 0) is 14.8 Å². The molecular weight excluding hydrogens is 404 g/mol. The van der Waals surface area contributed by atoms with E-state index in [9.17, 15) is 13.2 Å². The number of hydrogen-bond donors (Lipinski definition) is 2. The number of benzene rings is 2. The number of fused-ring (bicyclic) bond motifs is 1. The summed E-state index contributed by atoms with van der Waals surface area (Å²) in [5.41, 5.74) is 2.07. The highest BCUT2D eigenvalue weighted by atomic mass is 32.2. The van der Waals surface area contributed by atoms with E-state index in [0.717, 1.165) is 5.56 Å². The number of rotatable bonds is 4. The number of carbonyl (C=O) groups is 1. The number of likely N-dealkylation sites (N-methyl/N-ethyl adjacent to an activating group) is 2. The summed E-state index contributed by atoms with van der Waals surface area (Å²) in [4.78, 5) is 25.2. The third-order valence-electron chi connectivity index (χ3n) is 4.95. The summed E-state index contributed by atoms with van der Waals surface area (Å²) in [6, 6.07) is 15.0. The molecule has 0 aliphatic carbocycles. The first-order chi connectivity index (χ1) is 14.3. The molecule has 0 radical (unpaired) electrons. The maximum atomic E-state index is 12.9. The van der Waals surface area contributed by atoms with Gasteiger partial charge in [-0.3, -0.25) is 4.79 Å². The van der Waals surface area contributed by atoms with E-state index in [1.54, 1.807) is 30.3 Å². The Labute approximate surface area is 174 Å². The van der Waals surface area contributed by atoms with Crippen molar-refractivity contribution in [1.29, 1.82) is 0 Å². The van der Waals surface area contributed by atoms with Crippen LogP contribution in [0, 0.1) is 0 Å². The van der Waals surface area contributed by atoms with Crippen molar-refractivity contribution in [2.24, 2.45) is 5.14 Å². The zero-order valence-corrected chi connectivity index (χ0v) is 17.2. The number of sulfonamides is 1. The molecular formula is C20H20N6O3S. The number of nitrogens with zero attached hydrogens (tertiary/aromatic N) is 4. The average Bonchev–Trinajstić information content (AvgIpc) is 2.73. The number of hydrogen-bond acceptors (Lipinski definition) is 7. The van der Waals surface area contributed by atoms with Crippen LogP contribution in [0.1, 0.15) is 11.6 Å². The lowest BCUT2D eigenvalue weighted by Crippen LogP contribution is -2.45. The highest BCUT2D eigenvalue weighted by molar-refractivity contribution is 7.89. The number of nitrogens with two attached hydrogens (primary N) is 1. The predicted octanol–water partition coefficient (Wildman–Crippen LogP) is 2.02. The average molecular weight is 424 g/mol. The van der Waals surface area contributed by atoms with Crippen molar-refractivity contribution in [3.8, 4) is 0 Å². The quantitative estimate of drug-likeness (QED) is 0.657. The van der Waals surface area contributed by atoms with Crippen molar-refractivity contribution in [3.05, 3.63) is 66.4 Å². The van der Waals surface area contributed by atoms with Gasteiger partial charge in [-0.15, -0.1) is 0 Å². The Kier molecular flexibility index (Phi) is 4.88. The van der Waals surface area contributed by atoms with E-state index < -0.39 is 16.1 Å². The molecule has 9 nitrogen and oxygen atoms in total. The lowest BCUT2D eigenvalue weighted by molar-refractivity contribution is -0.120. The van der Waals surface area contributed by atoms with Gasteiger partial charge in [-0.2, -0.15) is 4.98 Å². The van der Waals surface area contributed by atoms with Gasteiger partial charge in [0.05, 0.1) is 11.1 Å². The van der Waals surface area contributed by atoms with E-state index in [2.05, 4.69) is 15.3 Å². The molecule has 0 saturated carbocycles. The van der Waals surface area contributed by atoms with Gasteiger partial charge in [-0.1, -0.05) is 30.3 Å². The Morgan fingerprint density at radius 3 is 2.33 bits per heavy atom. The first-order valence-electron chi connectivity index (χ1n) is 9.08. The highest BCUT2D eigenvalue weighted by Gasteiger charge is 2.37. The lowest BCUT2D eigenvalue weighted by atomic mass is 10.0. The number of primary sulfonamides is 1. The molecule has 1 amide bonds. The normalized spacial score (nSPS) is 16.4. The molecule has 154 valence electrons. The summed E-state index contributed by atoms with van der Waals surface area (Å²) in [6.07, 6.45) is 1.58. The van der Waals surface area contributed by atoms with Gasteiger partial charge in [0.2, 0.25) is 16.0 Å². The molecule has 0 bridgehead atoms. The van der Waals surface area contributed by atoms with Crippen LogP contribution in [0.25, 0.3) is 0 Å². The summed E-state index contributed by atoms with van der Waals surface area (Å²) in [5.74, 6) is 0.849. The van der Waals surface area contributed by atoms with Gasteiger partial charge in [-0.05, 0) is 29.8 Å². The van der Waals surface area contributed by atoms with Crippen molar-refractivity contribution in [3.63, 3.8) is 0 Å². The fraction of sp³-hybridized carbons (Fsp3) is 0.150. The molecule has 0 spiro atoms. The first-order valence-corrected chi connectivity index (χ1v) is 10.6. The minimum absolute atomic E-state index is 0.0185. The first kappa shape index (κ1) is 19.8. The smallest absolute Gasteiger partial charge is 0.254 e. The van der Waals surface area contributed by atoms with Crippen LogP contribution < -0.4 is 20.3 Å². The van der Waals surface area contributed by atoms with Crippen LogP contribution >= 0.6 is 0 Å². The Balaban J connectivity index is 1.66. The number of nitrogens with one attached hydrogen (secondary N) is 1. The number of amides is 1. The molecule has 0 saturated heterocycles. The van der Waals surface area contributed by atoms with Gasteiger partial charge in [-0.25, -0.2) is 18.5 Å². The number of anilines is 4. The Hall–Kier alpha value is -3.50. The second-order valence-corrected chi connectivity index (χ2v) is 8.48. The fourth-order valence-electron chi connectivity index (χ4n) is 3.37. The van der Waals surface area contributed by atoms with Crippen LogP contribution in [0.15, 0.2) is 65.7 Å². The van der Waals surface area contributed by atoms with Crippen LogP contribution in [-0.4, -0.2) is 38.4 Å². The van der Waals surface area contributed by atoms with Crippen LogP contribution in [0.5, 0.6) is 0 Å². The van der Waals surface area contributed by atoms with E-state index >= 15 is 0 Å². The van der Waals surface area contributed by atoms with Gasteiger partial charge in [0.1, 0.15) is 11.7 Å². The second-order valence-electron chi connectivity index (χ2n) is 6.92. The third kappa shape index (κ3) is 3.58. The molecule has 3 aromatic rings. The van der Waals surface area contributed by atoms with Gasteiger partial charge in [0.15, 0.2) is 5.82 Å². The monoisotopic (exact) mass is 424 g/mol. The molecule has 1 aliphatic heterocycles. The number of carbonyl (C=O) groups excluding carboxylic acids is 1. The van der Waals surface area contributed by atoms with Crippen molar-refractivity contribution in [2.75, 3.05) is 29.2 Å². The van der Waals surface area contributed by atoms with E-state index in [0.29, 0.717) is 23.1 Å². The summed E-state index contributed by atoms with van der Waals surface area (Å²) >= 11 is 0. The fourth-order valence-corrected chi connectivity index (χ4v) is 3.89. The Morgan fingerprint density at radius 2 is 1.70 bits per heavy atom. The molecule has 30 heavy (non-hydrogen) atoms. The molecule has 0 unspecified atom stereocenters. The molecule has 10 heteroatoms. The lowest BCUT2D eigenvalue weighted by Gasteiger charge is -2.38. The Bertz CT molecular complexity index is 1200. The van der Waals surface area contributed by atoms with E-state index in [-0.39, 0.29) is 10.8 Å². The highest BCUT2D eigenvalue weighted by Crippen LogP contribution is 2.38. The maximum Gasteiger partial charge on any atom is 0.254 e. The summed E-state index contributed by atoms with van der Waals surface area (Å²) in [5, 5.41) is 8.17. The third-order valence-corrected chi connectivity index (χ3v) is 5.88. The van der Waals surface area contributed by atoms with E-state index in [4.69, 9.17) is 5.14 Å². The van der Waals surface area contributed by atoms with Crippen LogP contribution in [0.3, 0.4) is 0 Å². The molecule has 1 aliphatic rings. The molecule has 1 aromatic heterocycles. The van der Waals surface area contributed by atoms with Crippen molar-refractivity contribution >= 4 is 39.1 Å². The standard InChI is InChI=1S/C20H20N6O3S/c1-25-16-12-22-20(23-14-8-10-15(11-9-14)30(21,28)29)24-18(16)26(2)17(19(25)27)13-6-4-3-5-7-13/h3-12,17H,1-2H3,(H2,21,28,29)(H,22,23,24)/t17-/m1/s1. The molecule has 2 heterocycles. The topological polar surface area (TPSA) is 122 Å². The van der Waals surface area contributed by atoms with Gasteiger partial charge in [0, 0.05) is 19.8 Å². The minimum Gasteiger partial charge on any atom is -0.342 e. The maximum absolute atomic E-state index is 12.9. The Morgan fingerprint density at radius 1 is 1.03 bits per heavy atom. The SMILES string of the molecule is CN1C(=O)[C@@H](c2ccccc2)N(C)c2nc(Nc3ccc(S(N)(=O)=O)cc3)ncc21. The largest absolute Gasteiger partial charge is 0.342 e. The van der Waals surface area contributed by atoms with E-state index in [1.807, 2.05) is 42.3 Å². The zero-order chi connectivity index (χ0) is 21.5. The number of aromatic nitrogens is 2. The molecule has 3 N–H and O–H groups in total. The summed E-state index contributed by atoms with van der Waals surface area (Å²) in [7, 11) is -0.239. The van der Waals surface area contributed by atoms with Gasteiger partial charge < -0.3 is 15.1 Å². The molecule has 0 fully saturated rings. The predicted molar refractivity (Wildman–Crippen MR) is 114 cm³/mol. The molecule has 1 atom stereocenters. The summed E-state index contributed by atoms with van der Waals surface area (Å²) < 4.78 is 22.8. The van der Waals surface area contributed by atoms with Crippen molar-refractivity contribution < 1.29 is 13.2 Å². The van der Waals surface area contributed by atoms with Gasteiger partial charge in [0.25, 0.3) is 5.91 Å². The van der Waals surface area contributed by atoms with Crippen molar-refractivity contribution in [2.45, 2.75) is 10.9 Å². The van der Waals surface area contributed by atoms with Crippen LogP contribution in [0.4, 0.5) is 23.1 Å². The van der Waals surface area contributed by atoms with Crippen LogP contribution in [0.2, 0.25) is 0 Å². The summed E-state index contributed by atoms with van der Waals surface area (Å²) in [6.45, 7) is 0. The second kappa shape index (κ2) is 7.39. The molecule has 4 rings (SSSR count). The molecule has 2 aromatic carbocycles. The van der Waals surface area contributed by atoms with Crippen molar-refractivity contribution in [1.82, 2.24) is 9.97 Å².